The first kappa shape index (κ1) is 14.5. The van der Waals surface area contributed by atoms with Crippen molar-refractivity contribution in [2.45, 2.75) is 64.0 Å². The van der Waals surface area contributed by atoms with E-state index in [1.54, 1.807) is 0 Å². The lowest BCUT2D eigenvalue weighted by Gasteiger charge is -2.23. The molecule has 1 saturated carbocycles. The summed E-state index contributed by atoms with van der Waals surface area (Å²) in [5.41, 5.74) is -0.301. The van der Waals surface area contributed by atoms with Crippen molar-refractivity contribution in [1.29, 1.82) is 5.26 Å². The predicted molar refractivity (Wildman–Crippen MR) is 71.8 cm³/mol. The Morgan fingerprint density at radius 1 is 1.35 bits per heavy atom. The molecule has 0 bridgehead atoms. The number of hydrogen-bond donors (Lipinski definition) is 1. The maximum atomic E-state index is 9.23. The topological polar surface area (TPSA) is 39.1 Å². The first-order chi connectivity index (χ1) is 8.09. The van der Waals surface area contributed by atoms with Gasteiger partial charge in [0.15, 0.2) is 0 Å². The highest BCUT2D eigenvalue weighted by Crippen LogP contribution is 2.24. The highest BCUT2D eigenvalue weighted by molar-refractivity contribution is 5.06. The molecule has 1 rings (SSSR count). The first-order valence-electron chi connectivity index (χ1n) is 6.97. The summed E-state index contributed by atoms with van der Waals surface area (Å²) < 4.78 is 0. The van der Waals surface area contributed by atoms with Crippen molar-refractivity contribution in [1.82, 2.24) is 10.2 Å². The van der Waals surface area contributed by atoms with Gasteiger partial charge in [-0.15, -0.1) is 0 Å². The van der Waals surface area contributed by atoms with Gasteiger partial charge in [0.05, 0.1) is 6.07 Å². The third kappa shape index (κ3) is 6.05. The number of nitrogens with one attached hydrogen (secondary N) is 1. The van der Waals surface area contributed by atoms with Crippen LogP contribution in [0, 0.1) is 11.3 Å². The smallest absolute Gasteiger partial charge is 0.104 e. The van der Waals surface area contributed by atoms with Crippen molar-refractivity contribution < 1.29 is 0 Å². The number of nitrogens with zero attached hydrogens (tertiary/aromatic N) is 2. The van der Waals surface area contributed by atoms with Gasteiger partial charge < -0.3 is 4.90 Å². The fraction of sp³-hybridized carbons (Fsp3) is 0.929. The molecule has 1 atom stereocenters. The van der Waals surface area contributed by atoms with Gasteiger partial charge in [-0.3, -0.25) is 5.32 Å². The van der Waals surface area contributed by atoms with Gasteiger partial charge in [0.2, 0.25) is 0 Å². The summed E-state index contributed by atoms with van der Waals surface area (Å²) >= 11 is 0. The van der Waals surface area contributed by atoms with Crippen molar-refractivity contribution in [2.24, 2.45) is 0 Å². The lowest BCUT2D eigenvalue weighted by Crippen LogP contribution is -2.42. The zero-order chi connectivity index (χ0) is 12.7. The van der Waals surface area contributed by atoms with Gasteiger partial charge in [0, 0.05) is 6.04 Å². The Morgan fingerprint density at radius 2 is 2.06 bits per heavy atom. The lowest BCUT2D eigenvalue weighted by molar-refractivity contribution is 0.314. The van der Waals surface area contributed by atoms with Crippen LogP contribution < -0.4 is 5.32 Å². The maximum absolute atomic E-state index is 9.23. The molecular weight excluding hydrogens is 210 g/mol. The third-order valence-electron chi connectivity index (χ3n) is 3.42. The summed E-state index contributed by atoms with van der Waals surface area (Å²) in [6.07, 6.45) is 7.01. The molecule has 0 saturated heterocycles. The van der Waals surface area contributed by atoms with Crippen LogP contribution in [0.25, 0.3) is 0 Å². The van der Waals surface area contributed by atoms with Gasteiger partial charge in [-0.1, -0.05) is 6.92 Å². The molecule has 1 aliphatic carbocycles. The minimum absolute atomic E-state index is 0.301. The second-order valence-electron chi connectivity index (χ2n) is 5.62. The van der Waals surface area contributed by atoms with Crippen LogP contribution in [0.2, 0.25) is 0 Å². The molecular formula is C14H27N3. The van der Waals surface area contributed by atoms with Crippen LogP contribution in [0.15, 0.2) is 0 Å². The Bertz CT molecular complexity index is 255. The quantitative estimate of drug-likeness (QED) is 0.626. The second kappa shape index (κ2) is 6.98. The number of unbranched alkanes of at least 4 members (excludes halogenated alkanes) is 1. The number of nitriles is 1. The lowest BCUT2D eigenvalue weighted by atomic mass is 9.96. The fourth-order valence-electron chi connectivity index (χ4n) is 2.19. The average Bonchev–Trinajstić information content (AvgIpc) is 3.09. The van der Waals surface area contributed by atoms with Crippen molar-refractivity contribution in [3.05, 3.63) is 0 Å². The molecule has 98 valence electrons. The van der Waals surface area contributed by atoms with Crippen LogP contribution in [0.3, 0.4) is 0 Å². The third-order valence-corrected chi connectivity index (χ3v) is 3.42. The summed E-state index contributed by atoms with van der Waals surface area (Å²) in [6, 6.07) is 3.05. The fourth-order valence-corrected chi connectivity index (χ4v) is 2.19. The van der Waals surface area contributed by atoms with Crippen LogP contribution in [0.5, 0.6) is 0 Å². The van der Waals surface area contributed by atoms with Crippen molar-refractivity contribution in [3.63, 3.8) is 0 Å². The van der Waals surface area contributed by atoms with Gasteiger partial charge in [0.25, 0.3) is 0 Å². The highest BCUT2D eigenvalue weighted by Gasteiger charge is 2.31. The standard InChI is InChI=1S/C14H27N3/c1-4-10-17(3)11-6-5-9-14(2,12-15)16-13-7-8-13/h13,16H,4-11H2,1-3H3. The van der Waals surface area contributed by atoms with Crippen LogP contribution in [0.4, 0.5) is 0 Å². The Balaban J connectivity index is 2.12. The van der Waals surface area contributed by atoms with E-state index in [2.05, 4.69) is 30.3 Å². The van der Waals surface area contributed by atoms with E-state index in [4.69, 9.17) is 0 Å². The van der Waals surface area contributed by atoms with E-state index in [9.17, 15) is 5.26 Å². The summed E-state index contributed by atoms with van der Waals surface area (Å²) in [4.78, 5) is 2.37. The van der Waals surface area contributed by atoms with Crippen LogP contribution in [-0.4, -0.2) is 36.6 Å². The zero-order valence-electron chi connectivity index (χ0n) is 11.6. The van der Waals surface area contributed by atoms with Crippen LogP contribution >= 0.6 is 0 Å². The SMILES string of the molecule is CCCN(C)CCCCC(C)(C#N)NC1CC1. The molecule has 0 aromatic heterocycles. The van der Waals surface area contributed by atoms with E-state index in [1.807, 2.05) is 6.92 Å². The average molecular weight is 237 g/mol. The largest absolute Gasteiger partial charge is 0.306 e. The minimum atomic E-state index is -0.301. The van der Waals surface area contributed by atoms with Gasteiger partial charge in [0.1, 0.15) is 5.54 Å². The van der Waals surface area contributed by atoms with E-state index in [0.717, 1.165) is 19.4 Å². The number of hydrogen-bond acceptors (Lipinski definition) is 3. The molecule has 1 N–H and O–H groups in total. The van der Waals surface area contributed by atoms with Gasteiger partial charge in [-0.25, -0.2) is 0 Å². The van der Waals surface area contributed by atoms with Crippen molar-refractivity contribution >= 4 is 0 Å². The first-order valence-corrected chi connectivity index (χ1v) is 6.97. The second-order valence-corrected chi connectivity index (χ2v) is 5.62. The normalized spacial score (nSPS) is 19.0. The van der Waals surface area contributed by atoms with E-state index in [1.165, 1.54) is 32.2 Å². The molecule has 0 aliphatic heterocycles. The molecule has 17 heavy (non-hydrogen) atoms. The predicted octanol–water partition coefficient (Wildman–Crippen LogP) is 2.53. The molecule has 1 unspecified atom stereocenters. The Kier molecular flexibility index (Phi) is 5.94. The molecule has 0 amide bonds. The Morgan fingerprint density at radius 3 is 2.59 bits per heavy atom. The molecule has 0 aromatic rings. The van der Waals surface area contributed by atoms with Gasteiger partial charge >= 0.3 is 0 Å². The molecule has 3 heteroatoms. The van der Waals surface area contributed by atoms with Crippen molar-refractivity contribution in [3.8, 4) is 6.07 Å². The minimum Gasteiger partial charge on any atom is -0.306 e. The van der Waals surface area contributed by atoms with Gasteiger partial charge in [-0.2, -0.15) is 5.26 Å². The van der Waals surface area contributed by atoms with Crippen LogP contribution in [-0.2, 0) is 0 Å². The van der Waals surface area contributed by atoms with Gasteiger partial charge in [-0.05, 0) is 65.6 Å². The molecule has 1 fully saturated rings. The van der Waals surface area contributed by atoms with E-state index < -0.39 is 0 Å². The molecule has 0 aromatic carbocycles. The monoisotopic (exact) mass is 237 g/mol. The molecule has 3 nitrogen and oxygen atoms in total. The van der Waals surface area contributed by atoms with Crippen LogP contribution in [0.1, 0.15) is 52.4 Å². The Labute approximate surface area is 106 Å². The summed E-state index contributed by atoms with van der Waals surface area (Å²) in [5, 5.41) is 12.7. The highest BCUT2D eigenvalue weighted by atomic mass is 15.1. The maximum Gasteiger partial charge on any atom is 0.104 e. The molecule has 0 heterocycles. The summed E-state index contributed by atoms with van der Waals surface area (Å²) in [5.74, 6) is 0. The molecule has 0 spiro atoms. The number of rotatable bonds is 9. The summed E-state index contributed by atoms with van der Waals surface area (Å²) in [7, 11) is 2.18. The van der Waals surface area contributed by atoms with E-state index in [-0.39, 0.29) is 5.54 Å². The molecule has 1 aliphatic rings. The molecule has 0 radical (unpaired) electrons. The van der Waals surface area contributed by atoms with E-state index >= 15 is 0 Å². The zero-order valence-corrected chi connectivity index (χ0v) is 11.6. The van der Waals surface area contributed by atoms with E-state index in [0.29, 0.717) is 6.04 Å². The van der Waals surface area contributed by atoms with Crippen molar-refractivity contribution in [2.75, 3.05) is 20.1 Å². The summed E-state index contributed by atoms with van der Waals surface area (Å²) in [6.45, 7) is 6.58. The Hall–Kier alpha value is -0.590.